The summed E-state index contributed by atoms with van der Waals surface area (Å²) in [4.78, 5) is 7.30. The van der Waals surface area contributed by atoms with E-state index in [1.54, 1.807) is 0 Å². The number of hydrogen-bond donors (Lipinski definition) is 1. The highest BCUT2D eigenvalue weighted by molar-refractivity contribution is 5.47. The number of nitrogens with zero attached hydrogens (tertiary/aromatic N) is 4. The van der Waals surface area contributed by atoms with Gasteiger partial charge < -0.3 is 5.32 Å². The highest BCUT2D eigenvalue weighted by Gasteiger charge is 2.35. The van der Waals surface area contributed by atoms with E-state index in [-0.39, 0.29) is 23.1 Å². The zero-order chi connectivity index (χ0) is 18.2. The molecule has 132 valence electrons. The van der Waals surface area contributed by atoms with Gasteiger partial charge in [0.15, 0.2) is 5.69 Å². The minimum Gasteiger partial charge on any atom is -0.367 e. The van der Waals surface area contributed by atoms with Crippen molar-refractivity contribution in [2.75, 3.05) is 5.32 Å². The molecular formula is C17H18F3N5. The van der Waals surface area contributed by atoms with E-state index < -0.39 is 11.9 Å². The van der Waals surface area contributed by atoms with Gasteiger partial charge in [0, 0.05) is 17.5 Å². The molecule has 2 heterocycles. The maximum atomic E-state index is 13.1. The van der Waals surface area contributed by atoms with Crippen molar-refractivity contribution in [3.05, 3.63) is 54.0 Å². The third kappa shape index (κ3) is 3.29. The number of anilines is 1. The molecule has 0 fully saturated rings. The number of nitrogens with one attached hydrogen (secondary N) is 1. The Kier molecular flexibility index (Phi) is 4.14. The van der Waals surface area contributed by atoms with Gasteiger partial charge in [-0.15, -0.1) is 0 Å². The second kappa shape index (κ2) is 6.02. The van der Waals surface area contributed by atoms with Crippen LogP contribution in [0.25, 0.3) is 5.78 Å². The van der Waals surface area contributed by atoms with E-state index in [1.165, 1.54) is 10.8 Å². The Balaban J connectivity index is 1.98. The Morgan fingerprint density at radius 1 is 1.12 bits per heavy atom. The average Bonchev–Trinajstić information content (AvgIpc) is 3.03. The van der Waals surface area contributed by atoms with Crippen molar-refractivity contribution >= 4 is 11.6 Å². The van der Waals surface area contributed by atoms with E-state index in [0.717, 1.165) is 11.6 Å². The molecule has 1 aromatic carbocycles. The molecule has 0 radical (unpaired) electrons. The van der Waals surface area contributed by atoms with Gasteiger partial charge >= 0.3 is 6.18 Å². The van der Waals surface area contributed by atoms with Crippen molar-refractivity contribution in [1.82, 2.24) is 19.6 Å². The topological polar surface area (TPSA) is 55.1 Å². The largest absolute Gasteiger partial charge is 0.433 e. The number of rotatable bonds is 4. The first-order valence-corrected chi connectivity index (χ1v) is 7.79. The molecule has 2 aromatic heterocycles. The van der Waals surface area contributed by atoms with Gasteiger partial charge in [0.2, 0.25) is 0 Å². The second-order valence-electron chi connectivity index (χ2n) is 6.45. The molecule has 1 atom stereocenters. The van der Waals surface area contributed by atoms with Crippen LogP contribution in [0, 0.1) is 0 Å². The van der Waals surface area contributed by atoms with Gasteiger partial charge in [0.1, 0.15) is 12.1 Å². The molecule has 0 spiro atoms. The van der Waals surface area contributed by atoms with Crippen molar-refractivity contribution in [3.63, 3.8) is 0 Å². The maximum Gasteiger partial charge on any atom is 0.433 e. The van der Waals surface area contributed by atoms with Crippen LogP contribution >= 0.6 is 0 Å². The zero-order valence-corrected chi connectivity index (χ0v) is 14.0. The molecule has 0 aliphatic carbocycles. The molecule has 3 rings (SSSR count). The van der Waals surface area contributed by atoms with Crippen LogP contribution in [0.2, 0.25) is 0 Å². The molecule has 5 nitrogen and oxygen atoms in total. The van der Waals surface area contributed by atoms with Gasteiger partial charge in [0.05, 0.1) is 0 Å². The van der Waals surface area contributed by atoms with E-state index in [0.29, 0.717) is 0 Å². The first-order valence-electron chi connectivity index (χ1n) is 7.79. The highest BCUT2D eigenvalue weighted by Crippen LogP contribution is 2.32. The summed E-state index contributed by atoms with van der Waals surface area (Å²) >= 11 is 0. The molecule has 0 bridgehead atoms. The van der Waals surface area contributed by atoms with Crippen LogP contribution in [0.1, 0.15) is 32.0 Å². The van der Waals surface area contributed by atoms with Crippen LogP contribution in [0.3, 0.4) is 0 Å². The number of halogens is 3. The molecule has 25 heavy (non-hydrogen) atoms. The summed E-state index contributed by atoms with van der Waals surface area (Å²) in [5.74, 6) is 0.105. The summed E-state index contributed by atoms with van der Waals surface area (Å²) in [6.45, 7) is 5.98. The zero-order valence-electron chi connectivity index (χ0n) is 14.0. The van der Waals surface area contributed by atoms with Crippen molar-refractivity contribution in [2.24, 2.45) is 0 Å². The molecule has 0 aliphatic rings. The van der Waals surface area contributed by atoms with Gasteiger partial charge in [-0.2, -0.15) is 27.8 Å². The van der Waals surface area contributed by atoms with E-state index >= 15 is 0 Å². The number of hydrogen-bond acceptors (Lipinski definition) is 4. The summed E-state index contributed by atoms with van der Waals surface area (Å²) < 4.78 is 40.5. The van der Waals surface area contributed by atoms with Gasteiger partial charge in [-0.1, -0.05) is 44.2 Å². The summed E-state index contributed by atoms with van der Waals surface area (Å²) in [7, 11) is 0. The molecule has 0 saturated heterocycles. The summed E-state index contributed by atoms with van der Waals surface area (Å²) in [5, 5.41) is 7.11. The van der Waals surface area contributed by atoms with Gasteiger partial charge in [-0.05, 0) is 12.5 Å². The fourth-order valence-corrected chi connectivity index (χ4v) is 2.58. The molecule has 1 N–H and O–H groups in total. The van der Waals surface area contributed by atoms with Gasteiger partial charge in [0.25, 0.3) is 5.78 Å². The standard InChI is InChI=1S/C17H18F3N5/c1-11(16(2,3)12-7-5-4-6-8-12)23-14-9-13(17(18,19)20)24-15-21-10-22-25(14)15/h4-11,23H,1-3H3. The molecule has 8 heteroatoms. The van der Waals surface area contributed by atoms with Crippen molar-refractivity contribution in [1.29, 1.82) is 0 Å². The Morgan fingerprint density at radius 3 is 2.44 bits per heavy atom. The fourth-order valence-electron chi connectivity index (χ4n) is 2.58. The van der Waals surface area contributed by atoms with Crippen LogP contribution in [0.4, 0.5) is 19.0 Å². The molecule has 0 saturated carbocycles. The van der Waals surface area contributed by atoms with Crippen molar-refractivity contribution < 1.29 is 13.2 Å². The summed E-state index contributed by atoms with van der Waals surface area (Å²) in [6.07, 6.45) is -3.37. The summed E-state index contributed by atoms with van der Waals surface area (Å²) in [6, 6.07) is 10.6. The predicted molar refractivity (Wildman–Crippen MR) is 88.3 cm³/mol. The average molecular weight is 349 g/mol. The molecule has 1 unspecified atom stereocenters. The first kappa shape index (κ1) is 17.2. The number of aromatic nitrogens is 4. The quantitative estimate of drug-likeness (QED) is 0.776. The number of benzene rings is 1. The van der Waals surface area contributed by atoms with Crippen molar-refractivity contribution in [3.8, 4) is 0 Å². The lowest BCUT2D eigenvalue weighted by Gasteiger charge is -2.33. The van der Waals surface area contributed by atoms with E-state index in [9.17, 15) is 13.2 Å². The second-order valence-corrected chi connectivity index (χ2v) is 6.45. The highest BCUT2D eigenvalue weighted by atomic mass is 19.4. The monoisotopic (exact) mass is 349 g/mol. The Bertz CT molecular complexity index is 871. The SMILES string of the molecule is CC(Nc1cc(C(F)(F)F)nc2ncnn12)C(C)(C)c1ccccc1. The van der Waals surface area contributed by atoms with Crippen LogP contribution in [0.15, 0.2) is 42.7 Å². The fraction of sp³-hybridized carbons (Fsp3) is 0.353. The first-order chi connectivity index (χ1) is 11.7. The normalized spacial score (nSPS) is 13.8. The Labute approximate surface area is 142 Å². The third-order valence-corrected chi connectivity index (χ3v) is 4.51. The minimum atomic E-state index is -4.55. The van der Waals surface area contributed by atoms with Gasteiger partial charge in [-0.25, -0.2) is 4.98 Å². The summed E-state index contributed by atoms with van der Waals surface area (Å²) in [5.41, 5.74) is -0.245. The van der Waals surface area contributed by atoms with Crippen LogP contribution < -0.4 is 5.32 Å². The maximum absolute atomic E-state index is 13.1. The Morgan fingerprint density at radius 2 is 1.80 bits per heavy atom. The molecule has 3 aromatic rings. The third-order valence-electron chi connectivity index (χ3n) is 4.51. The number of fused-ring (bicyclic) bond motifs is 1. The van der Waals surface area contributed by atoms with Crippen LogP contribution in [0.5, 0.6) is 0 Å². The van der Waals surface area contributed by atoms with E-state index in [2.05, 4.69) is 20.4 Å². The van der Waals surface area contributed by atoms with Crippen molar-refractivity contribution in [2.45, 2.75) is 38.4 Å². The lowest BCUT2D eigenvalue weighted by molar-refractivity contribution is -0.141. The number of alkyl halides is 3. The van der Waals surface area contributed by atoms with Crippen LogP contribution in [-0.2, 0) is 11.6 Å². The van der Waals surface area contributed by atoms with Crippen LogP contribution in [-0.4, -0.2) is 25.6 Å². The van der Waals surface area contributed by atoms with Gasteiger partial charge in [-0.3, -0.25) is 0 Å². The lowest BCUT2D eigenvalue weighted by atomic mass is 9.78. The lowest BCUT2D eigenvalue weighted by Crippen LogP contribution is -2.38. The molecular weight excluding hydrogens is 331 g/mol. The smallest absolute Gasteiger partial charge is 0.367 e. The van der Waals surface area contributed by atoms with E-state index in [4.69, 9.17) is 0 Å². The molecule has 0 amide bonds. The predicted octanol–water partition coefficient (Wildman–Crippen LogP) is 3.92. The van der Waals surface area contributed by atoms with E-state index in [1.807, 2.05) is 51.1 Å². The molecule has 0 aliphatic heterocycles. The Hall–Kier alpha value is -2.64. The minimum absolute atomic E-state index is 0.0953.